The van der Waals surface area contributed by atoms with Gasteiger partial charge in [-0.15, -0.1) is 0 Å². The predicted molar refractivity (Wildman–Crippen MR) is 68.4 cm³/mol. The van der Waals surface area contributed by atoms with E-state index >= 15 is 0 Å². The average molecular weight is 243 g/mol. The summed E-state index contributed by atoms with van der Waals surface area (Å²) in [4.78, 5) is 21.8. The lowest BCUT2D eigenvalue weighted by atomic mass is 10.2. The maximum absolute atomic E-state index is 11.4. The molecule has 100 valence electrons. The van der Waals surface area contributed by atoms with Gasteiger partial charge >= 0.3 is 0 Å². The summed E-state index contributed by atoms with van der Waals surface area (Å²) in [6, 6.07) is 0.465. The Hall–Kier alpha value is -1.10. The standard InChI is InChI=1S/C12H25N3O2/c1-10(2)14-9-5-7-12(17)15-8-4-3-6-11(13)16/h10,14H,3-9H2,1-2H3,(H2,13,16)(H,15,17). The number of nitrogens with two attached hydrogens (primary N) is 1. The third-order valence-corrected chi connectivity index (χ3v) is 2.31. The number of hydrogen-bond donors (Lipinski definition) is 3. The molecule has 0 saturated heterocycles. The topological polar surface area (TPSA) is 84.2 Å². The van der Waals surface area contributed by atoms with Crippen LogP contribution in [0.1, 0.15) is 46.0 Å². The van der Waals surface area contributed by atoms with E-state index in [0.29, 0.717) is 25.4 Å². The lowest BCUT2D eigenvalue weighted by molar-refractivity contribution is -0.121. The van der Waals surface area contributed by atoms with Gasteiger partial charge < -0.3 is 16.4 Å². The van der Waals surface area contributed by atoms with E-state index < -0.39 is 0 Å². The van der Waals surface area contributed by atoms with Crippen molar-refractivity contribution in [2.45, 2.75) is 52.0 Å². The molecule has 2 amide bonds. The smallest absolute Gasteiger partial charge is 0.220 e. The van der Waals surface area contributed by atoms with Crippen LogP contribution in [-0.2, 0) is 9.59 Å². The summed E-state index contributed by atoms with van der Waals surface area (Å²) in [6.07, 6.45) is 3.35. The molecule has 0 fully saturated rings. The SMILES string of the molecule is CC(C)NCCCC(=O)NCCCCC(N)=O. The second-order valence-electron chi connectivity index (χ2n) is 4.49. The molecule has 0 aromatic carbocycles. The maximum Gasteiger partial charge on any atom is 0.220 e. The van der Waals surface area contributed by atoms with Crippen LogP contribution in [-0.4, -0.2) is 30.9 Å². The molecule has 0 rings (SSSR count). The third-order valence-electron chi connectivity index (χ3n) is 2.31. The molecule has 0 radical (unpaired) electrons. The van der Waals surface area contributed by atoms with Crippen LogP contribution in [0.15, 0.2) is 0 Å². The van der Waals surface area contributed by atoms with Crippen LogP contribution in [0.2, 0.25) is 0 Å². The quantitative estimate of drug-likeness (QED) is 0.489. The molecule has 0 unspecified atom stereocenters. The number of carbonyl (C=O) groups is 2. The van der Waals surface area contributed by atoms with E-state index in [1.165, 1.54) is 0 Å². The van der Waals surface area contributed by atoms with Crippen LogP contribution < -0.4 is 16.4 Å². The molecule has 0 aliphatic rings. The Kier molecular flexibility index (Phi) is 9.43. The first-order chi connectivity index (χ1) is 8.02. The highest BCUT2D eigenvalue weighted by atomic mass is 16.1. The van der Waals surface area contributed by atoms with Gasteiger partial charge in [-0.3, -0.25) is 9.59 Å². The van der Waals surface area contributed by atoms with Crippen molar-refractivity contribution in [1.82, 2.24) is 10.6 Å². The second-order valence-corrected chi connectivity index (χ2v) is 4.49. The molecule has 0 heterocycles. The van der Waals surface area contributed by atoms with Crippen LogP contribution in [0.3, 0.4) is 0 Å². The molecule has 5 heteroatoms. The molecule has 0 aliphatic carbocycles. The number of unbranched alkanes of at least 4 members (excludes halogenated alkanes) is 1. The molecule has 17 heavy (non-hydrogen) atoms. The normalized spacial score (nSPS) is 10.5. The maximum atomic E-state index is 11.4. The van der Waals surface area contributed by atoms with Gasteiger partial charge in [-0.05, 0) is 25.8 Å². The minimum Gasteiger partial charge on any atom is -0.370 e. The van der Waals surface area contributed by atoms with E-state index in [-0.39, 0.29) is 11.8 Å². The highest BCUT2D eigenvalue weighted by Crippen LogP contribution is 1.93. The fraction of sp³-hybridized carbons (Fsp3) is 0.833. The summed E-state index contributed by atoms with van der Waals surface area (Å²) < 4.78 is 0. The van der Waals surface area contributed by atoms with Crippen LogP contribution in [0.25, 0.3) is 0 Å². The van der Waals surface area contributed by atoms with E-state index in [9.17, 15) is 9.59 Å². The first-order valence-corrected chi connectivity index (χ1v) is 6.30. The van der Waals surface area contributed by atoms with Gasteiger partial charge in [-0.2, -0.15) is 0 Å². The Morgan fingerprint density at radius 1 is 1.06 bits per heavy atom. The molecule has 0 atom stereocenters. The van der Waals surface area contributed by atoms with E-state index in [1.54, 1.807) is 0 Å². The lowest BCUT2D eigenvalue weighted by Crippen LogP contribution is -2.27. The molecule has 0 aromatic rings. The van der Waals surface area contributed by atoms with Crippen LogP contribution in [0.5, 0.6) is 0 Å². The summed E-state index contributed by atoms with van der Waals surface area (Å²) in [6.45, 7) is 5.66. The van der Waals surface area contributed by atoms with E-state index in [2.05, 4.69) is 24.5 Å². The summed E-state index contributed by atoms with van der Waals surface area (Å²) in [5.74, 6) is -0.203. The number of hydrogen-bond acceptors (Lipinski definition) is 3. The monoisotopic (exact) mass is 243 g/mol. The van der Waals surface area contributed by atoms with Gasteiger partial charge in [0.25, 0.3) is 0 Å². The van der Waals surface area contributed by atoms with Gasteiger partial charge in [0, 0.05) is 25.4 Å². The predicted octanol–water partition coefficient (Wildman–Crippen LogP) is 0.536. The summed E-state index contributed by atoms with van der Waals surface area (Å²) >= 11 is 0. The molecule has 5 nitrogen and oxygen atoms in total. The van der Waals surface area contributed by atoms with Crippen LogP contribution >= 0.6 is 0 Å². The van der Waals surface area contributed by atoms with Crippen molar-refractivity contribution in [3.8, 4) is 0 Å². The lowest BCUT2D eigenvalue weighted by Gasteiger charge is -2.08. The van der Waals surface area contributed by atoms with Gasteiger partial charge in [0.2, 0.25) is 11.8 Å². The van der Waals surface area contributed by atoms with Crippen molar-refractivity contribution in [3.05, 3.63) is 0 Å². The number of carbonyl (C=O) groups excluding carboxylic acids is 2. The number of nitrogens with one attached hydrogen (secondary N) is 2. The number of primary amides is 1. The number of amides is 2. The molecule has 0 bridgehead atoms. The summed E-state index contributed by atoms with van der Waals surface area (Å²) in [5, 5.41) is 6.08. The molecular formula is C12H25N3O2. The average Bonchev–Trinajstić information content (AvgIpc) is 2.23. The Balaban J connectivity index is 3.26. The van der Waals surface area contributed by atoms with E-state index in [0.717, 1.165) is 25.8 Å². The zero-order valence-electron chi connectivity index (χ0n) is 10.9. The molecule has 0 aromatic heterocycles. The van der Waals surface area contributed by atoms with Gasteiger partial charge in [0.1, 0.15) is 0 Å². The molecular weight excluding hydrogens is 218 g/mol. The van der Waals surface area contributed by atoms with E-state index in [4.69, 9.17) is 5.73 Å². The Morgan fingerprint density at radius 2 is 1.76 bits per heavy atom. The van der Waals surface area contributed by atoms with Crippen molar-refractivity contribution in [3.63, 3.8) is 0 Å². The molecule has 0 saturated carbocycles. The molecule has 4 N–H and O–H groups in total. The second kappa shape index (κ2) is 10.1. The Morgan fingerprint density at radius 3 is 2.35 bits per heavy atom. The molecule has 0 spiro atoms. The fourth-order valence-corrected chi connectivity index (χ4v) is 1.38. The minimum absolute atomic E-state index is 0.0784. The van der Waals surface area contributed by atoms with Gasteiger partial charge in [0.05, 0.1) is 0 Å². The third kappa shape index (κ3) is 12.8. The van der Waals surface area contributed by atoms with Crippen molar-refractivity contribution in [2.75, 3.05) is 13.1 Å². The van der Waals surface area contributed by atoms with Crippen molar-refractivity contribution in [1.29, 1.82) is 0 Å². The first-order valence-electron chi connectivity index (χ1n) is 6.30. The Bertz CT molecular complexity index is 230. The number of rotatable bonds is 10. The van der Waals surface area contributed by atoms with Gasteiger partial charge in [0.15, 0.2) is 0 Å². The minimum atomic E-state index is -0.281. The van der Waals surface area contributed by atoms with Crippen LogP contribution in [0.4, 0.5) is 0 Å². The fourth-order valence-electron chi connectivity index (χ4n) is 1.38. The highest BCUT2D eigenvalue weighted by Gasteiger charge is 2.01. The van der Waals surface area contributed by atoms with Gasteiger partial charge in [-0.1, -0.05) is 13.8 Å². The van der Waals surface area contributed by atoms with Gasteiger partial charge in [-0.25, -0.2) is 0 Å². The highest BCUT2D eigenvalue weighted by molar-refractivity contribution is 5.75. The van der Waals surface area contributed by atoms with Crippen molar-refractivity contribution < 1.29 is 9.59 Å². The van der Waals surface area contributed by atoms with Crippen molar-refractivity contribution in [2.24, 2.45) is 5.73 Å². The summed E-state index contributed by atoms with van der Waals surface area (Å²) in [5.41, 5.74) is 5.01. The molecule has 0 aliphatic heterocycles. The first kappa shape index (κ1) is 15.9. The van der Waals surface area contributed by atoms with Crippen molar-refractivity contribution >= 4 is 11.8 Å². The van der Waals surface area contributed by atoms with Crippen LogP contribution in [0, 0.1) is 0 Å². The Labute approximate surface area is 104 Å². The zero-order valence-corrected chi connectivity index (χ0v) is 10.9. The summed E-state index contributed by atoms with van der Waals surface area (Å²) in [7, 11) is 0. The van der Waals surface area contributed by atoms with E-state index in [1.807, 2.05) is 0 Å². The largest absolute Gasteiger partial charge is 0.370 e. The zero-order chi connectivity index (χ0) is 13.1.